The predicted molar refractivity (Wildman–Crippen MR) is 92.7 cm³/mol. The smallest absolute Gasteiger partial charge is 0.325 e. The first-order valence-electron chi connectivity index (χ1n) is 8.76. The standard InChI is InChI=1S/C19H26FNO5/c1-11(2)18(22)26-17-12(3)25-19(23)16(21)10-24-9-14(17)8-13-4-6-15(20)7-5-13/h4-7,11-12,14,16-17H,8-10,21H2,1-3H3. The third kappa shape index (κ3) is 5.51. The molecule has 26 heavy (non-hydrogen) atoms. The maximum absolute atomic E-state index is 13.2. The number of ether oxygens (including phenoxy) is 3. The van der Waals surface area contributed by atoms with E-state index < -0.39 is 24.2 Å². The molecule has 1 heterocycles. The molecule has 1 fully saturated rings. The highest BCUT2D eigenvalue weighted by molar-refractivity contribution is 5.76. The Hall–Kier alpha value is -1.99. The molecular formula is C19H26FNO5. The Labute approximate surface area is 152 Å². The van der Waals surface area contributed by atoms with Crippen molar-refractivity contribution in [3.63, 3.8) is 0 Å². The first kappa shape index (κ1) is 20.3. The zero-order chi connectivity index (χ0) is 19.3. The summed E-state index contributed by atoms with van der Waals surface area (Å²) >= 11 is 0. The van der Waals surface area contributed by atoms with Crippen LogP contribution in [0.15, 0.2) is 24.3 Å². The highest BCUT2D eigenvalue weighted by Gasteiger charge is 2.36. The van der Waals surface area contributed by atoms with Crippen LogP contribution in [-0.2, 0) is 30.2 Å². The number of nitrogens with two attached hydrogens (primary N) is 1. The van der Waals surface area contributed by atoms with Crippen molar-refractivity contribution < 1.29 is 28.2 Å². The van der Waals surface area contributed by atoms with E-state index in [1.165, 1.54) is 12.1 Å². The first-order valence-corrected chi connectivity index (χ1v) is 8.76. The van der Waals surface area contributed by atoms with Crippen molar-refractivity contribution in [2.45, 2.75) is 45.4 Å². The Bertz CT molecular complexity index is 619. The second-order valence-corrected chi connectivity index (χ2v) is 6.93. The van der Waals surface area contributed by atoms with Crippen LogP contribution in [0.25, 0.3) is 0 Å². The van der Waals surface area contributed by atoms with Crippen LogP contribution in [0.3, 0.4) is 0 Å². The molecule has 1 aliphatic heterocycles. The van der Waals surface area contributed by atoms with Crippen LogP contribution in [0.4, 0.5) is 4.39 Å². The minimum Gasteiger partial charge on any atom is -0.458 e. The lowest BCUT2D eigenvalue weighted by molar-refractivity contribution is -0.173. The Morgan fingerprint density at radius 1 is 1.31 bits per heavy atom. The molecule has 0 aliphatic carbocycles. The fourth-order valence-electron chi connectivity index (χ4n) is 2.79. The van der Waals surface area contributed by atoms with Gasteiger partial charge in [-0.3, -0.25) is 9.59 Å². The number of carbonyl (C=O) groups excluding carboxylic acids is 2. The van der Waals surface area contributed by atoms with Crippen molar-refractivity contribution >= 4 is 11.9 Å². The molecule has 4 atom stereocenters. The zero-order valence-corrected chi connectivity index (χ0v) is 15.3. The van der Waals surface area contributed by atoms with E-state index in [1.54, 1.807) is 32.9 Å². The summed E-state index contributed by atoms with van der Waals surface area (Å²) in [6.07, 6.45) is -0.888. The molecule has 1 aromatic carbocycles. The maximum atomic E-state index is 13.2. The van der Waals surface area contributed by atoms with Crippen molar-refractivity contribution in [3.05, 3.63) is 35.6 Å². The number of carbonyl (C=O) groups is 2. The lowest BCUT2D eigenvalue weighted by Gasteiger charge is -2.31. The molecule has 4 unspecified atom stereocenters. The maximum Gasteiger partial charge on any atom is 0.325 e. The summed E-state index contributed by atoms with van der Waals surface area (Å²) in [6.45, 7) is 5.40. The van der Waals surface area contributed by atoms with Crippen LogP contribution in [-0.4, -0.2) is 43.4 Å². The molecule has 1 aliphatic rings. The number of hydrogen-bond donors (Lipinski definition) is 1. The van der Waals surface area contributed by atoms with Gasteiger partial charge in [0.25, 0.3) is 0 Å². The van der Waals surface area contributed by atoms with Gasteiger partial charge in [0.2, 0.25) is 0 Å². The summed E-state index contributed by atoms with van der Waals surface area (Å²) in [4.78, 5) is 24.1. The number of hydrogen-bond acceptors (Lipinski definition) is 6. The summed E-state index contributed by atoms with van der Waals surface area (Å²) in [5.74, 6) is -1.89. The monoisotopic (exact) mass is 367 g/mol. The SMILES string of the molecule is CC(C)C(=O)OC1C(Cc2ccc(F)cc2)COCC(N)C(=O)OC1C. The molecule has 0 aromatic heterocycles. The molecule has 1 aromatic rings. The van der Waals surface area contributed by atoms with Crippen LogP contribution in [0.1, 0.15) is 26.3 Å². The van der Waals surface area contributed by atoms with Gasteiger partial charge in [-0.15, -0.1) is 0 Å². The summed E-state index contributed by atoms with van der Waals surface area (Å²) in [5.41, 5.74) is 6.61. The molecule has 6 nitrogen and oxygen atoms in total. The van der Waals surface area contributed by atoms with Gasteiger partial charge in [-0.05, 0) is 31.0 Å². The van der Waals surface area contributed by atoms with Gasteiger partial charge in [-0.2, -0.15) is 0 Å². The highest BCUT2D eigenvalue weighted by atomic mass is 19.1. The lowest BCUT2D eigenvalue weighted by Crippen LogP contribution is -2.43. The quantitative estimate of drug-likeness (QED) is 0.817. The summed E-state index contributed by atoms with van der Waals surface area (Å²) < 4.78 is 29.8. The van der Waals surface area contributed by atoms with Crippen LogP contribution in [0.2, 0.25) is 0 Å². The molecule has 0 amide bonds. The predicted octanol–water partition coefficient (Wildman–Crippen LogP) is 1.84. The van der Waals surface area contributed by atoms with Gasteiger partial charge in [0.1, 0.15) is 24.1 Å². The van der Waals surface area contributed by atoms with Gasteiger partial charge in [0, 0.05) is 5.92 Å². The first-order chi connectivity index (χ1) is 12.3. The number of rotatable bonds is 4. The molecule has 0 bridgehead atoms. The fourth-order valence-corrected chi connectivity index (χ4v) is 2.79. The Morgan fingerprint density at radius 3 is 2.58 bits per heavy atom. The number of benzene rings is 1. The van der Waals surface area contributed by atoms with E-state index >= 15 is 0 Å². The molecule has 1 saturated heterocycles. The molecule has 7 heteroatoms. The molecule has 2 rings (SSSR count). The van der Waals surface area contributed by atoms with Gasteiger partial charge < -0.3 is 19.9 Å². The highest BCUT2D eigenvalue weighted by Crippen LogP contribution is 2.23. The molecule has 2 N–H and O–H groups in total. The minimum atomic E-state index is -0.886. The van der Waals surface area contributed by atoms with Crippen molar-refractivity contribution in [3.8, 4) is 0 Å². The van der Waals surface area contributed by atoms with Crippen LogP contribution >= 0.6 is 0 Å². The Balaban J connectivity index is 2.25. The molecule has 0 saturated carbocycles. The van der Waals surface area contributed by atoms with Gasteiger partial charge in [-0.25, -0.2) is 4.39 Å². The number of cyclic esters (lactones) is 1. The van der Waals surface area contributed by atoms with E-state index in [0.717, 1.165) is 5.56 Å². The molecule has 0 radical (unpaired) electrons. The fraction of sp³-hybridized carbons (Fsp3) is 0.579. The molecular weight excluding hydrogens is 341 g/mol. The summed E-state index contributed by atoms with van der Waals surface area (Å²) in [7, 11) is 0. The molecule has 144 valence electrons. The van der Waals surface area contributed by atoms with E-state index in [2.05, 4.69) is 0 Å². The zero-order valence-electron chi connectivity index (χ0n) is 15.3. The largest absolute Gasteiger partial charge is 0.458 e. The Kier molecular flexibility index (Phi) is 7.11. The van der Waals surface area contributed by atoms with Gasteiger partial charge in [-0.1, -0.05) is 26.0 Å². The summed E-state index contributed by atoms with van der Waals surface area (Å²) in [5, 5.41) is 0. The van der Waals surface area contributed by atoms with E-state index in [4.69, 9.17) is 19.9 Å². The molecule has 0 spiro atoms. The second-order valence-electron chi connectivity index (χ2n) is 6.93. The number of halogens is 1. The van der Waals surface area contributed by atoms with Crippen molar-refractivity contribution in [1.29, 1.82) is 0 Å². The Morgan fingerprint density at radius 2 is 1.96 bits per heavy atom. The average molecular weight is 367 g/mol. The van der Waals surface area contributed by atoms with Crippen LogP contribution in [0.5, 0.6) is 0 Å². The number of esters is 2. The van der Waals surface area contributed by atoms with Crippen LogP contribution < -0.4 is 5.73 Å². The normalized spacial score (nSPS) is 27.2. The summed E-state index contributed by atoms with van der Waals surface area (Å²) in [6, 6.07) is 5.21. The van der Waals surface area contributed by atoms with Gasteiger partial charge in [0.05, 0.1) is 19.1 Å². The van der Waals surface area contributed by atoms with Crippen molar-refractivity contribution in [2.24, 2.45) is 17.6 Å². The van der Waals surface area contributed by atoms with Crippen molar-refractivity contribution in [1.82, 2.24) is 0 Å². The van der Waals surface area contributed by atoms with E-state index in [9.17, 15) is 14.0 Å². The van der Waals surface area contributed by atoms with Crippen LogP contribution in [0, 0.1) is 17.7 Å². The average Bonchev–Trinajstić information content (AvgIpc) is 2.63. The lowest BCUT2D eigenvalue weighted by atomic mass is 9.91. The second kappa shape index (κ2) is 9.09. The van der Waals surface area contributed by atoms with E-state index in [0.29, 0.717) is 6.42 Å². The van der Waals surface area contributed by atoms with Crippen molar-refractivity contribution in [2.75, 3.05) is 13.2 Å². The van der Waals surface area contributed by atoms with E-state index in [1.807, 2.05) is 0 Å². The third-order valence-electron chi connectivity index (χ3n) is 4.30. The van der Waals surface area contributed by atoms with Gasteiger partial charge >= 0.3 is 11.9 Å². The van der Waals surface area contributed by atoms with E-state index in [-0.39, 0.29) is 36.8 Å². The topological polar surface area (TPSA) is 87.9 Å². The third-order valence-corrected chi connectivity index (χ3v) is 4.30. The minimum absolute atomic E-state index is 0.0241. The van der Waals surface area contributed by atoms with Gasteiger partial charge in [0.15, 0.2) is 0 Å².